The summed E-state index contributed by atoms with van der Waals surface area (Å²) >= 11 is 1.87. The second kappa shape index (κ2) is 11.0. The van der Waals surface area contributed by atoms with E-state index in [4.69, 9.17) is 8.83 Å². The van der Waals surface area contributed by atoms with Crippen molar-refractivity contribution in [3.05, 3.63) is 170 Å². The quantitative estimate of drug-likeness (QED) is 0.175. The van der Waals surface area contributed by atoms with Crippen molar-refractivity contribution in [3.63, 3.8) is 0 Å². The summed E-state index contributed by atoms with van der Waals surface area (Å²) in [7, 11) is 0. The second-order valence-corrected chi connectivity index (χ2v) is 14.2. The third-order valence-corrected chi connectivity index (χ3v) is 11.6. The van der Waals surface area contributed by atoms with Crippen LogP contribution >= 0.6 is 11.3 Å². The summed E-state index contributed by atoms with van der Waals surface area (Å²) in [6.45, 7) is 0. The normalized spacial score (nSPS) is 11.9. The van der Waals surface area contributed by atoms with Crippen LogP contribution in [-0.2, 0) is 0 Å². The predicted octanol–water partition coefficient (Wildman–Crippen LogP) is 14.5. The van der Waals surface area contributed by atoms with E-state index in [1.165, 1.54) is 85.5 Å². The topological polar surface area (TPSA) is 26.3 Å². The van der Waals surface area contributed by atoms with Crippen molar-refractivity contribution in [3.8, 4) is 44.9 Å². The Morgan fingerprint density at radius 1 is 0.294 bits per heavy atom. The molecule has 0 aliphatic carbocycles. The Kier molecular flexibility index (Phi) is 6.16. The minimum atomic E-state index is 0.889. The van der Waals surface area contributed by atoms with Gasteiger partial charge in [0.2, 0.25) is 0 Å². The van der Waals surface area contributed by atoms with Gasteiger partial charge in [-0.15, -0.1) is 11.3 Å². The molecule has 0 spiro atoms. The fraction of sp³-hybridized carbons (Fsp3) is 0. The SMILES string of the molecule is c1coc(-c2c3ccccc3c(-c3ccc4c(c3)sc3ccc(-c5c6ccccc6c(-c6ccco6)c6ccccc56)cc34)c3ccccc23)c1. The second-order valence-electron chi connectivity index (χ2n) is 13.2. The lowest BCUT2D eigenvalue weighted by atomic mass is 9.87. The van der Waals surface area contributed by atoms with Crippen LogP contribution in [0, 0.1) is 0 Å². The van der Waals surface area contributed by atoms with E-state index in [-0.39, 0.29) is 0 Å². The van der Waals surface area contributed by atoms with Crippen LogP contribution in [0.15, 0.2) is 179 Å². The first-order chi connectivity index (χ1) is 25.3. The molecule has 11 rings (SSSR count). The molecule has 0 aliphatic heterocycles. The van der Waals surface area contributed by atoms with Crippen molar-refractivity contribution in [2.45, 2.75) is 0 Å². The summed E-state index contributed by atoms with van der Waals surface area (Å²) in [5.74, 6) is 1.78. The van der Waals surface area contributed by atoms with Gasteiger partial charge < -0.3 is 8.83 Å². The molecule has 11 aromatic rings. The number of benzene rings is 8. The molecule has 3 heterocycles. The predicted molar refractivity (Wildman–Crippen MR) is 216 cm³/mol. The van der Waals surface area contributed by atoms with E-state index in [9.17, 15) is 0 Å². The van der Waals surface area contributed by atoms with Crippen LogP contribution in [0.5, 0.6) is 0 Å². The zero-order valence-corrected chi connectivity index (χ0v) is 28.2. The molecule has 0 aliphatic rings. The summed E-state index contributed by atoms with van der Waals surface area (Å²) in [5.41, 5.74) is 7.23. The molecule has 3 heteroatoms. The molecule has 8 aromatic carbocycles. The number of rotatable bonds is 4. The zero-order chi connectivity index (χ0) is 33.5. The maximum absolute atomic E-state index is 5.99. The summed E-state index contributed by atoms with van der Waals surface area (Å²) in [5, 5.41) is 12.2. The first-order valence-electron chi connectivity index (χ1n) is 17.2. The number of hydrogen-bond acceptors (Lipinski definition) is 3. The van der Waals surface area contributed by atoms with Crippen molar-refractivity contribution >= 4 is 74.6 Å². The average molecular weight is 669 g/mol. The van der Waals surface area contributed by atoms with Gasteiger partial charge in [0.05, 0.1) is 12.5 Å². The third-order valence-electron chi connectivity index (χ3n) is 10.4. The molecule has 0 fully saturated rings. The van der Waals surface area contributed by atoms with E-state index < -0.39 is 0 Å². The van der Waals surface area contributed by atoms with Crippen molar-refractivity contribution in [1.29, 1.82) is 0 Å². The molecule has 238 valence electrons. The smallest absolute Gasteiger partial charge is 0.135 e. The average Bonchev–Trinajstić information content (AvgIpc) is 3.98. The van der Waals surface area contributed by atoms with Gasteiger partial charge in [0.15, 0.2) is 0 Å². The fourth-order valence-corrected chi connectivity index (χ4v) is 9.47. The van der Waals surface area contributed by atoms with E-state index >= 15 is 0 Å². The molecule has 0 saturated carbocycles. The maximum atomic E-state index is 5.99. The Labute approximate surface area is 297 Å². The third kappa shape index (κ3) is 4.22. The highest BCUT2D eigenvalue weighted by Gasteiger charge is 2.20. The largest absolute Gasteiger partial charge is 0.464 e. The standard InChI is InChI=1S/C48H28O2S/c1-5-15-36-32(11-1)45(33-12-2-6-16-37(33)47(36)41-19-9-25-49-41)29-22-24-43-40(27-29)31-23-21-30(28-44(31)51-43)46-34-13-3-7-17-38(34)48(42-20-10-26-50-42)39-18-8-4-14-35(39)46/h1-28H. The highest BCUT2D eigenvalue weighted by atomic mass is 32.1. The summed E-state index contributed by atoms with van der Waals surface area (Å²) in [4.78, 5) is 0. The van der Waals surface area contributed by atoms with E-state index in [2.05, 4.69) is 146 Å². The van der Waals surface area contributed by atoms with Gasteiger partial charge in [-0.05, 0) is 108 Å². The van der Waals surface area contributed by atoms with Crippen LogP contribution in [0.2, 0.25) is 0 Å². The molecule has 0 bridgehead atoms. The Hall–Kier alpha value is -6.42. The van der Waals surface area contributed by atoms with Gasteiger partial charge >= 0.3 is 0 Å². The molecule has 0 N–H and O–H groups in total. The molecular weight excluding hydrogens is 641 g/mol. The van der Waals surface area contributed by atoms with Gasteiger partial charge in [-0.3, -0.25) is 0 Å². The highest BCUT2D eigenvalue weighted by molar-refractivity contribution is 7.25. The summed E-state index contributed by atoms with van der Waals surface area (Å²) < 4.78 is 14.5. The van der Waals surface area contributed by atoms with E-state index in [1.54, 1.807) is 12.5 Å². The fourth-order valence-electron chi connectivity index (χ4n) is 8.34. The van der Waals surface area contributed by atoms with Crippen LogP contribution in [-0.4, -0.2) is 0 Å². The molecule has 51 heavy (non-hydrogen) atoms. The van der Waals surface area contributed by atoms with Crippen molar-refractivity contribution in [2.75, 3.05) is 0 Å². The van der Waals surface area contributed by atoms with Crippen molar-refractivity contribution in [2.24, 2.45) is 0 Å². The van der Waals surface area contributed by atoms with Gasteiger partial charge in [-0.2, -0.15) is 0 Å². The van der Waals surface area contributed by atoms with Gasteiger partial charge in [0.1, 0.15) is 11.5 Å². The maximum Gasteiger partial charge on any atom is 0.135 e. The van der Waals surface area contributed by atoms with Crippen LogP contribution in [0.1, 0.15) is 0 Å². The lowest BCUT2D eigenvalue weighted by Crippen LogP contribution is -1.90. The van der Waals surface area contributed by atoms with Gasteiger partial charge in [0.25, 0.3) is 0 Å². The number of hydrogen-bond donors (Lipinski definition) is 0. The van der Waals surface area contributed by atoms with E-state index in [0.717, 1.165) is 22.6 Å². The first kappa shape index (κ1) is 28.4. The highest BCUT2D eigenvalue weighted by Crippen LogP contribution is 2.48. The van der Waals surface area contributed by atoms with Crippen LogP contribution in [0.3, 0.4) is 0 Å². The Bertz CT molecular complexity index is 3010. The first-order valence-corrected chi connectivity index (χ1v) is 18.1. The number of fused-ring (bicyclic) bond motifs is 7. The minimum Gasteiger partial charge on any atom is -0.464 e. The minimum absolute atomic E-state index is 0.889. The number of furan rings is 2. The molecule has 0 unspecified atom stereocenters. The Balaban J connectivity index is 1.13. The van der Waals surface area contributed by atoms with E-state index in [1.807, 2.05) is 23.5 Å². The van der Waals surface area contributed by atoms with E-state index in [0.29, 0.717) is 0 Å². The van der Waals surface area contributed by atoms with Crippen molar-refractivity contribution in [1.82, 2.24) is 0 Å². The van der Waals surface area contributed by atoms with Crippen LogP contribution < -0.4 is 0 Å². The van der Waals surface area contributed by atoms with Crippen molar-refractivity contribution < 1.29 is 8.83 Å². The molecule has 0 amide bonds. The molecule has 0 radical (unpaired) electrons. The monoisotopic (exact) mass is 668 g/mol. The molecule has 2 nitrogen and oxygen atoms in total. The van der Waals surface area contributed by atoms with Crippen LogP contribution in [0.25, 0.3) is 108 Å². The zero-order valence-electron chi connectivity index (χ0n) is 27.4. The summed E-state index contributed by atoms with van der Waals surface area (Å²) in [6, 6.07) is 57.0. The van der Waals surface area contributed by atoms with Gasteiger partial charge in [-0.25, -0.2) is 0 Å². The van der Waals surface area contributed by atoms with Gasteiger partial charge in [0, 0.05) is 31.3 Å². The number of thiophene rings is 1. The Morgan fingerprint density at radius 2 is 0.706 bits per heavy atom. The molecule has 0 saturated heterocycles. The molecule has 0 atom stereocenters. The van der Waals surface area contributed by atoms with Crippen LogP contribution in [0.4, 0.5) is 0 Å². The Morgan fingerprint density at radius 3 is 1.14 bits per heavy atom. The van der Waals surface area contributed by atoms with Gasteiger partial charge in [-0.1, -0.05) is 115 Å². The summed E-state index contributed by atoms with van der Waals surface area (Å²) in [6.07, 6.45) is 3.52. The lowest BCUT2D eigenvalue weighted by molar-refractivity contribution is 0.583. The lowest BCUT2D eigenvalue weighted by Gasteiger charge is -2.16. The molecule has 3 aromatic heterocycles. The molecular formula is C48H28O2S.